The Hall–Kier alpha value is -2.15. The molecule has 4 rings (SSSR count). The number of aromatic amines is 1. The highest BCUT2D eigenvalue weighted by Crippen LogP contribution is 2.52. The maximum Gasteiger partial charge on any atom is 0.230 e. The number of carbonyl (C=O) groups is 2. The summed E-state index contributed by atoms with van der Waals surface area (Å²) < 4.78 is 6.18. The fourth-order valence-corrected chi connectivity index (χ4v) is 4.57. The van der Waals surface area contributed by atoms with Crippen LogP contribution < -0.4 is 0 Å². The zero-order valence-corrected chi connectivity index (χ0v) is 16.4. The van der Waals surface area contributed by atoms with Gasteiger partial charge in [0, 0.05) is 25.5 Å². The molecule has 7 heteroatoms. The number of hydrogen-bond acceptors (Lipinski definition) is 4. The van der Waals surface area contributed by atoms with Crippen LogP contribution in [-0.2, 0) is 20.9 Å². The summed E-state index contributed by atoms with van der Waals surface area (Å²) in [6, 6.07) is 0. The van der Waals surface area contributed by atoms with Gasteiger partial charge in [0.1, 0.15) is 11.4 Å². The molecule has 1 aromatic heterocycles. The average molecular weight is 372 g/mol. The number of nitrogens with one attached hydrogen (secondary N) is 1. The zero-order chi connectivity index (χ0) is 19.3. The van der Waals surface area contributed by atoms with Crippen molar-refractivity contribution < 1.29 is 14.3 Å². The molecule has 4 atom stereocenters. The quantitative estimate of drug-likeness (QED) is 0.768. The summed E-state index contributed by atoms with van der Waals surface area (Å²) in [7, 11) is 1.76. The Morgan fingerprint density at radius 2 is 2.30 bits per heavy atom. The first-order valence-electron chi connectivity index (χ1n) is 9.72. The second-order valence-electron chi connectivity index (χ2n) is 8.55. The molecular weight excluding hydrogens is 344 g/mol. The van der Waals surface area contributed by atoms with E-state index in [1.807, 2.05) is 24.0 Å². The predicted molar refractivity (Wildman–Crippen MR) is 99.6 cm³/mol. The van der Waals surface area contributed by atoms with Crippen LogP contribution in [0.2, 0.25) is 0 Å². The lowest BCUT2D eigenvalue weighted by Gasteiger charge is -2.27. The Labute approximate surface area is 159 Å². The third-order valence-electron chi connectivity index (χ3n) is 5.96. The summed E-state index contributed by atoms with van der Waals surface area (Å²) in [6.07, 6.45) is 6.37. The maximum atomic E-state index is 13.2. The molecule has 0 unspecified atom stereocenters. The lowest BCUT2D eigenvalue weighted by Crippen LogP contribution is -2.44. The van der Waals surface area contributed by atoms with Gasteiger partial charge in [0.15, 0.2) is 0 Å². The molecule has 2 bridgehead atoms. The van der Waals surface area contributed by atoms with Crippen LogP contribution in [0, 0.1) is 24.7 Å². The number of aryl methyl sites for hydroxylation is 1. The van der Waals surface area contributed by atoms with E-state index in [0.717, 1.165) is 24.5 Å². The van der Waals surface area contributed by atoms with Gasteiger partial charge in [-0.2, -0.15) is 0 Å². The molecule has 0 radical (unpaired) electrons. The number of aromatic nitrogens is 2. The van der Waals surface area contributed by atoms with Crippen LogP contribution in [0.3, 0.4) is 0 Å². The summed E-state index contributed by atoms with van der Waals surface area (Å²) in [4.78, 5) is 37.3. The first kappa shape index (κ1) is 18.2. The fraction of sp³-hybridized carbons (Fsp3) is 0.650. The molecule has 27 heavy (non-hydrogen) atoms. The Bertz CT molecular complexity index is 786. The summed E-state index contributed by atoms with van der Waals surface area (Å²) in [6.45, 7) is 7.91. The topological polar surface area (TPSA) is 78.5 Å². The van der Waals surface area contributed by atoms with E-state index in [4.69, 9.17) is 4.74 Å². The molecule has 0 aromatic carbocycles. The predicted octanol–water partition coefficient (Wildman–Crippen LogP) is 1.50. The van der Waals surface area contributed by atoms with Crippen LogP contribution >= 0.6 is 0 Å². The molecular formula is C20H28N4O3. The summed E-state index contributed by atoms with van der Waals surface area (Å²) in [5.41, 5.74) is 0.337. The van der Waals surface area contributed by atoms with Crippen molar-refractivity contribution in [2.75, 3.05) is 20.1 Å². The Balaban J connectivity index is 1.51. The molecule has 4 heterocycles. The van der Waals surface area contributed by atoms with Crippen molar-refractivity contribution in [3.63, 3.8) is 0 Å². The van der Waals surface area contributed by atoms with Crippen LogP contribution in [0.15, 0.2) is 18.3 Å². The molecule has 1 aromatic rings. The van der Waals surface area contributed by atoms with Gasteiger partial charge in [-0.15, -0.1) is 0 Å². The SMILES string of the molecule is Cc1cnc(CN(C)C(=O)[C@H]2[C@@H]3C=C[C@@]4(CN(CCC(C)C)C(=O)[C@@H]24)O3)[nH]1. The fourth-order valence-electron chi connectivity index (χ4n) is 4.57. The molecule has 2 fully saturated rings. The van der Waals surface area contributed by atoms with E-state index >= 15 is 0 Å². The minimum Gasteiger partial charge on any atom is -0.360 e. The summed E-state index contributed by atoms with van der Waals surface area (Å²) in [5.74, 6) is 0.422. The third-order valence-corrected chi connectivity index (χ3v) is 5.96. The normalized spacial score (nSPS) is 31.2. The van der Waals surface area contributed by atoms with Crippen molar-refractivity contribution in [1.82, 2.24) is 19.8 Å². The molecule has 0 aliphatic carbocycles. The van der Waals surface area contributed by atoms with E-state index in [9.17, 15) is 9.59 Å². The smallest absolute Gasteiger partial charge is 0.230 e. The molecule has 2 saturated heterocycles. The van der Waals surface area contributed by atoms with Gasteiger partial charge in [0.25, 0.3) is 0 Å². The number of imidazole rings is 1. The Morgan fingerprint density at radius 1 is 1.52 bits per heavy atom. The second kappa shape index (κ2) is 6.48. The van der Waals surface area contributed by atoms with Crippen LogP contribution in [0.4, 0.5) is 0 Å². The van der Waals surface area contributed by atoms with Gasteiger partial charge in [-0.05, 0) is 19.3 Å². The van der Waals surface area contributed by atoms with Gasteiger partial charge >= 0.3 is 0 Å². The van der Waals surface area contributed by atoms with Crippen molar-refractivity contribution >= 4 is 11.8 Å². The standard InChI is InChI=1S/C20H28N4O3/c1-12(2)6-8-24-11-20-7-5-14(27-20)16(17(20)19(24)26)18(25)23(4)10-15-21-9-13(3)22-15/h5,7,9,12,14,16-17H,6,8,10-11H2,1-4H3,(H,21,22)/t14-,16-,17+,20-/m0/s1. The highest BCUT2D eigenvalue weighted by Gasteiger charge is 2.66. The monoisotopic (exact) mass is 372 g/mol. The van der Waals surface area contributed by atoms with Crippen LogP contribution in [0.1, 0.15) is 31.8 Å². The number of H-pyrrole nitrogens is 1. The van der Waals surface area contributed by atoms with Crippen LogP contribution in [0.25, 0.3) is 0 Å². The minimum absolute atomic E-state index is 0.0515. The average Bonchev–Trinajstić information content (AvgIpc) is 3.34. The number of rotatable bonds is 6. The number of nitrogens with zero attached hydrogens (tertiary/aromatic N) is 3. The largest absolute Gasteiger partial charge is 0.360 e. The number of ether oxygens (including phenoxy) is 1. The molecule has 1 spiro atoms. The van der Waals surface area contributed by atoms with Gasteiger partial charge in [-0.3, -0.25) is 9.59 Å². The van der Waals surface area contributed by atoms with Crippen molar-refractivity contribution in [2.24, 2.45) is 17.8 Å². The number of amides is 2. The van der Waals surface area contributed by atoms with E-state index in [0.29, 0.717) is 19.0 Å². The zero-order valence-electron chi connectivity index (χ0n) is 16.4. The van der Waals surface area contributed by atoms with Gasteiger partial charge in [0.2, 0.25) is 11.8 Å². The van der Waals surface area contributed by atoms with Gasteiger partial charge < -0.3 is 19.5 Å². The van der Waals surface area contributed by atoms with Gasteiger partial charge in [-0.1, -0.05) is 26.0 Å². The third kappa shape index (κ3) is 2.98. The van der Waals surface area contributed by atoms with E-state index in [1.54, 1.807) is 18.1 Å². The van der Waals surface area contributed by atoms with E-state index < -0.39 is 17.4 Å². The van der Waals surface area contributed by atoms with Crippen LogP contribution in [0.5, 0.6) is 0 Å². The molecule has 3 aliphatic rings. The molecule has 3 aliphatic heterocycles. The van der Waals surface area contributed by atoms with E-state index in [2.05, 4.69) is 23.8 Å². The van der Waals surface area contributed by atoms with E-state index in [1.165, 1.54) is 0 Å². The molecule has 146 valence electrons. The molecule has 2 amide bonds. The van der Waals surface area contributed by atoms with Crippen molar-refractivity contribution in [3.05, 3.63) is 29.9 Å². The van der Waals surface area contributed by atoms with E-state index in [-0.39, 0.29) is 17.9 Å². The number of fused-ring (bicyclic) bond motifs is 1. The van der Waals surface area contributed by atoms with Crippen molar-refractivity contribution in [1.29, 1.82) is 0 Å². The summed E-state index contributed by atoms with van der Waals surface area (Å²) >= 11 is 0. The van der Waals surface area contributed by atoms with Crippen molar-refractivity contribution in [3.8, 4) is 0 Å². The van der Waals surface area contributed by atoms with Gasteiger partial charge in [0.05, 0.1) is 31.0 Å². The number of carbonyl (C=O) groups excluding carboxylic acids is 2. The lowest BCUT2D eigenvalue weighted by atomic mass is 9.76. The van der Waals surface area contributed by atoms with Crippen molar-refractivity contribution in [2.45, 2.75) is 45.4 Å². The molecule has 0 saturated carbocycles. The highest BCUT2D eigenvalue weighted by molar-refractivity contribution is 5.92. The summed E-state index contributed by atoms with van der Waals surface area (Å²) in [5, 5.41) is 0. The minimum atomic E-state index is -0.624. The number of likely N-dealkylation sites (tertiary alicyclic amines) is 1. The Kier molecular flexibility index (Phi) is 4.37. The lowest BCUT2D eigenvalue weighted by molar-refractivity contribution is -0.142. The second-order valence-corrected chi connectivity index (χ2v) is 8.55. The van der Waals surface area contributed by atoms with Gasteiger partial charge in [-0.25, -0.2) is 4.98 Å². The molecule has 1 N–H and O–H groups in total. The Morgan fingerprint density at radius 3 is 2.96 bits per heavy atom. The first-order chi connectivity index (χ1) is 12.8. The highest BCUT2D eigenvalue weighted by atomic mass is 16.5. The number of hydrogen-bond donors (Lipinski definition) is 1. The maximum absolute atomic E-state index is 13.2. The van der Waals surface area contributed by atoms with Crippen LogP contribution in [-0.4, -0.2) is 63.4 Å². The molecule has 7 nitrogen and oxygen atoms in total. The first-order valence-corrected chi connectivity index (χ1v) is 9.72.